The first kappa shape index (κ1) is 8.48. The van der Waals surface area contributed by atoms with Crippen LogP contribution in [0.2, 0.25) is 0 Å². The minimum absolute atomic E-state index is 0.648. The van der Waals surface area contributed by atoms with Crippen LogP contribution in [0.5, 0.6) is 0 Å². The summed E-state index contributed by atoms with van der Waals surface area (Å²) >= 11 is 0. The second-order valence-corrected chi connectivity index (χ2v) is 4.55. The molecular formula is C11H17N3. The van der Waals surface area contributed by atoms with Gasteiger partial charge in [0.2, 0.25) is 0 Å². The first-order valence-corrected chi connectivity index (χ1v) is 5.61. The van der Waals surface area contributed by atoms with Crippen molar-refractivity contribution in [3.8, 4) is 0 Å². The predicted octanol–water partition coefficient (Wildman–Crippen LogP) is 1.36. The summed E-state index contributed by atoms with van der Waals surface area (Å²) in [6, 6.07) is 0.648. The van der Waals surface area contributed by atoms with Gasteiger partial charge in [0.25, 0.3) is 0 Å². The summed E-state index contributed by atoms with van der Waals surface area (Å²) in [5, 5.41) is 3.35. The van der Waals surface area contributed by atoms with E-state index in [1.165, 1.54) is 36.5 Å². The summed E-state index contributed by atoms with van der Waals surface area (Å²) in [6.45, 7) is 0. The molecule has 2 aliphatic rings. The van der Waals surface area contributed by atoms with Crippen molar-refractivity contribution in [2.24, 2.45) is 0 Å². The molecule has 0 aromatic carbocycles. The van der Waals surface area contributed by atoms with Gasteiger partial charge in [-0.1, -0.05) is 0 Å². The maximum Gasteiger partial charge on any atom is 0.109 e. The fourth-order valence-corrected chi connectivity index (χ4v) is 2.30. The topological polar surface area (TPSA) is 40.7 Å². The van der Waals surface area contributed by atoms with Gasteiger partial charge in [-0.3, -0.25) is 0 Å². The number of aromatic amines is 1. The molecule has 0 bridgehead atoms. The van der Waals surface area contributed by atoms with Crippen molar-refractivity contribution in [1.82, 2.24) is 15.3 Å². The molecule has 2 aliphatic carbocycles. The number of hydrogen-bond acceptors (Lipinski definition) is 2. The first-order valence-electron chi connectivity index (χ1n) is 5.61. The van der Waals surface area contributed by atoms with E-state index in [0.717, 1.165) is 18.8 Å². The molecule has 1 aromatic heterocycles. The number of imidazole rings is 1. The van der Waals surface area contributed by atoms with E-state index < -0.39 is 0 Å². The van der Waals surface area contributed by atoms with Crippen molar-refractivity contribution in [1.29, 1.82) is 0 Å². The van der Waals surface area contributed by atoms with Crippen molar-refractivity contribution in [3.63, 3.8) is 0 Å². The Morgan fingerprint density at radius 1 is 1.36 bits per heavy atom. The highest BCUT2D eigenvalue weighted by atomic mass is 15.0. The van der Waals surface area contributed by atoms with Gasteiger partial charge in [-0.15, -0.1) is 0 Å². The average molecular weight is 191 g/mol. The number of rotatable bonds is 2. The lowest BCUT2D eigenvalue weighted by molar-refractivity contribution is 0.488. The Bertz CT molecular complexity index is 338. The minimum Gasteiger partial charge on any atom is -0.345 e. The Kier molecular flexibility index (Phi) is 1.87. The molecule has 1 aromatic rings. The molecule has 76 valence electrons. The van der Waals surface area contributed by atoms with Crippen LogP contribution in [-0.4, -0.2) is 23.1 Å². The number of likely N-dealkylation sites (N-methyl/N-ethyl adjacent to an activating group) is 1. The van der Waals surface area contributed by atoms with Crippen LogP contribution in [0.15, 0.2) is 0 Å². The maximum atomic E-state index is 4.70. The molecule has 3 heteroatoms. The summed E-state index contributed by atoms with van der Waals surface area (Å²) in [5.41, 5.74) is 2.72. The molecule has 0 spiro atoms. The van der Waals surface area contributed by atoms with Gasteiger partial charge in [0, 0.05) is 24.1 Å². The second-order valence-electron chi connectivity index (χ2n) is 4.55. The van der Waals surface area contributed by atoms with E-state index in [1.807, 2.05) is 7.05 Å². The molecule has 0 amide bonds. The van der Waals surface area contributed by atoms with E-state index in [2.05, 4.69) is 10.3 Å². The van der Waals surface area contributed by atoms with Crippen molar-refractivity contribution >= 4 is 0 Å². The zero-order chi connectivity index (χ0) is 9.54. The maximum absolute atomic E-state index is 4.70. The summed E-state index contributed by atoms with van der Waals surface area (Å²) in [5.74, 6) is 2.01. The third-order valence-electron chi connectivity index (χ3n) is 3.44. The van der Waals surface area contributed by atoms with Crippen LogP contribution in [0.3, 0.4) is 0 Å². The smallest absolute Gasteiger partial charge is 0.109 e. The molecule has 1 atom stereocenters. The van der Waals surface area contributed by atoms with E-state index in [9.17, 15) is 0 Å². The van der Waals surface area contributed by atoms with E-state index in [-0.39, 0.29) is 0 Å². The zero-order valence-electron chi connectivity index (χ0n) is 8.64. The predicted molar refractivity (Wildman–Crippen MR) is 55.4 cm³/mol. The SMILES string of the molecule is CNC1CCc2nc(C3CC3)[nH]c2C1. The highest BCUT2D eigenvalue weighted by Gasteiger charge is 2.29. The van der Waals surface area contributed by atoms with Crippen LogP contribution in [0.4, 0.5) is 0 Å². The monoisotopic (exact) mass is 191 g/mol. The van der Waals surface area contributed by atoms with Gasteiger partial charge in [-0.2, -0.15) is 0 Å². The molecule has 1 unspecified atom stereocenters. The summed E-state index contributed by atoms with van der Waals surface area (Å²) in [7, 11) is 2.05. The fourth-order valence-electron chi connectivity index (χ4n) is 2.30. The highest BCUT2D eigenvalue weighted by molar-refractivity contribution is 5.22. The van der Waals surface area contributed by atoms with Crippen molar-refractivity contribution in [2.75, 3.05) is 7.05 Å². The van der Waals surface area contributed by atoms with E-state index in [0.29, 0.717) is 6.04 Å². The summed E-state index contributed by atoms with van der Waals surface area (Å²) in [4.78, 5) is 8.21. The molecule has 1 heterocycles. The lowest BCUT2D eigenvalue weighted by Crippen LogP contribution is -2.31. The number of nitrogens with zero attached hydrogens (tertiary/aromatic N) is 1. The number of aryl methyl sites for hydroxylation is 1. The van der Waals surface area contributed by atoms with Crippen LogP contribution in [-0.2, 0) is 12.8 Å². The molecule has 3 rings (SSSR count). The van der Waals surface area contributed by atoms with Crippen LogP contribution >= 0.6 is 0 Å². The van der Waals surface area contributed by atoms with E-state index in [4.69, 9.17) is 4.98 Å². The molecule has 1 saturated carbocycles. The zero-order valence-corrected chi connectivity index (χ0v) is 8.64. The van der Waals surface area contributed by atoms with Crippen LogP contribution < -0.4 is 5.32 Å². The summed E-state index contributed by atoms with van der Waals surface area (Å²) in [6.07, 6.45) is 6.18. The molecule has 2 N–H and O–H groups in total. The van der Waals surface area contributed by atoms with Gasteiger partial charge in [0.15, 0.2) is 0 Å². The standard InChI is InChI=1S/C11H17N3/c1-12-8-4-5-9-10(6-8)14-11(13-9)7-2-3-7/h7-8,12H,2-6H2,1H3,(H,13,14). The first-order chi connectivity index (χ1) is 6.86. The van der Waals surface area contributed by atoms with Gasteiger partial charge < -0.3 is 10.3 Å². The molecular weight excluding hydrogens is 174 g/mol. The largest absolute Gasteiger partial charge is 0.345 e. The molecule has 0 aliphatic heterocycles. The van der Waals surface area contributed by atoms with Gasteiger partial charge in [-0.25, -0.2) is 4.98 Å². The highest BCUT2D eigenvalue weighted by Crippen LogP contribution is 2.39. The average Bonchev–Trinajstić information content (AvgIpc) is 2.97. The van der Waals surface area contributed by atoms with Crippen LogP contribution in [0.25, 0.3) is 0 Å². The van der Waals surface area contributed by atoms with Gasteiger partial charge in [0.1, 0.15) is 5.82 Å². The molecule has 3 nitrogen and oxygen atoms in total. The number of nitrogens with one attached hydrogen (secondary N) is 2. The van der Waals surface area contributed by atoms with Crippen molar-refractivity contribution in [3.05, 3.63) is 17.2 Å². The summed E-state index contributed by atoms with van der Waals surface area (Å²) < 4.78 is 0. The fraction of sp³-hybridized carbons (Fsp3) is 0.727. The number of aromatic nitrogens is 2. The third-order valence-corrected chi connectivity index (χ3v) is 3.44. The molecule has 14 heavy (non-hydrogen) atoms. The van der Waals surface area contributed by atoms with Crippen LogP contribution in [0, 0.1) is 0 Å². The Morgan fingerprint density at radius 2 is 2.21 bits per heavy atom. The lowest BCUT2D eigenvalue weighted by atomic mass is 9.96. The molecule has 0 saturated heterocycles. The van der Waals surface area contributed by atoms with E-state index >= 15 is 0 Å². The lowest BCUT2D eigenvalue weighted by Gasteiger charge is -2.20. The minimum atomic E-state index is 0.648. The Hall–Kier alpha value is -0.830. The normalized spacial score (nSPS) is 26.2. The number of H-pyrrole nitrogens is 1. The van der Waals surface area contributed by atoms with E-state index in [1.54, 1.807) is 0 Å². The number of hydrogen-bond donors (Lipinski definition) is 2. The third kappa shape index (κ3) is 1.36. The molecule has 0 radical (unpaired) electrons. The molecule has 1 fully saturated rings. The Labute approximate surface area is 84.3 Å². The van der Waals surface area contributed by atoms with Crippen molar-refractivity contribution in [2.45, 2.75) is 44.1 Å². The Morgan fingerprint density at radius 3 is 2.93 bits per heavy atom. The Balaban J connectivity index is 1.85. The number of fused-ring (bicyclic) bond motifs is 1. The van der Waals surface area contributed by atoms with Gasteiger partial charge in [0.05, 0.1) is 5.69 Å². The quantitative estimate of drug-likeness (QED) is 0.741. The van der Waals surface area contributed by atoms with Crippen molar-refractivity contribution < 1.29 is 0 Å². The second kappa shape index (κ2) is 3.09. The van der Waals surface area contributed by atoms with Crippen LogP contribution in [0.1, 0.15) is 42.4 Å². The van der Waals surface area contributed by atoms with Gasteiger partial charge >= 0.3 is 0 Å². The van der Waals surface area contributed by atoms with Gasteiger partial charge in [-0.05, 0) is 32.7 Å².